The Balaban J connectivity index is 1.44. The fourth-order valence-electron chi connectivity index (χ4n) is 3.22. The highest BCUT2D eigenvalue weighted by Crippen LogP contribution is 2.32. The van der Waals surface area contributed by atoms with Crippen LogP contribution in [0.1, 0.15) is 18.3 Å². The minimum Gasteiger partial charge on any atom is -0.438 e. The van der Waals surface area contributed by atoms with Gasteiger partial charge < -0.3 is 15.4 Å². The van der Waals surface area contributed by atoms with Crippen LogP contribution in [0.25, 0.3) is 11.3 Å². The number of aryl methyl sites for hydroxylation is 1. The third-order valence-electron chi connectivity index (χ3n) is 4.88. The number of carbonyl (C=O) groups excluding carboxylic acids is 1. The summed E-state index contributed by atoms with van der Waals surface area (Å²) in [5.74, 6) is 0.307. The lowest BCUT2D eigenvalue weighted by atomic mass is 10.2. The number of benzene rings is 2. The van der Waals surface area contributed by atoms with Gasteiger partial charge in [0, 0.05) is 30.2 Å². The number of urea groups is 1. The van der Waals surface area contributed by atoms with E-state index in [1.165, 1.54) is 12.1 Å². The number of rotatable bonds is 6. The number of nitrogens with zero attached hydrogens (tertiary/aromatic N) is 3. The molecule has 0 radical (unpaired) electrons. The summed E-state index contributed by atoms with van der Waals surface area (Å²) in [6, 6.07) is 12.5. The van der Waals surface area contributed by atoms with Crippen molar-refractivity contribution in [2.24, 2.45) is 0 Å². The minimum atomic E-state index is -4.75. The quantitative estimate of drug-likeness (QED) is 0.290. The summed E-state index contributed by atoms with van der Waals surface area (Å²) >= 11 is 0. The molecule has 7 nitrogen and oxygen atoms in total. The number of anilines is 2. The lowest BCUT2D eigenvalue weighted by Gasteiger charge is -2.12. The first-order chi connectivity index (χ1) is 17.2. The van der Waals surface area contributed by atoms with Crippen molar-refractivity contribution in [1.29, 1.82) is 0 Å². The second-order valence-corrected chi connectivity index (χ2v) is 7.50. The molecule has 36 heavy (non-hydrogen) atoms. The van der Waals surface area contributed by atoms with Crippen molar-refractivity contribution in [2.75, 3.05) is 10.6 Å². The molecule has 0 atom stereocenters. The van der Waals surface area contributed by atoms with E-state index in [4.69, 9.17) is 4.74 Å². The molecule has 0 aliphatic rings. The second kappa shape index (κ2) is 10.4. The van der Waals surface area contributed by atoms with Crippen molar-refractivity contribution in [3.05, 3.63) is 90.3 Å². The standard InChI is InChI=1S/C25H19F4N5O2/c1-2-22-30-11-9-21(34-22)20-4-3-10-31-23(20)36-19-7-5-17(6-8-19)32-24(35)33-18-13-15(25(27,28)29)12-16(26)14-18/h3-14H,2H2,1H3,(H2,32,33,35). The number of nitrogens with one attached hydrogen (secondary N) is 2. The molecule has 2 aromatic heterocycles. The van der Waals surface area contributed by atoms with Crippen LogP contribution in [0.2, 0.25) is 0 Å². The number of aromatic nitrogens is 3. The molecule has 11 heteroatoms. The van der Waals surface area contributed by atoms with Gasteiger partial charge in [-0.25, -0.2) is 24.1 Å². The fraction of sp³-hybridized carbons (Fsp3) is 0.120. The van der Waals surface area contributed by atoms with Crippen molar-refractivity contribution in [3.8, 4) is 22.9 Å². The maximum absolute atomic E-state index is 13.5. The van der Waals surface area contributed by atoms with Gasteiger partial charge in [-0.3, -0.25) is 0 Å². The van der Waals surface area contributed by atoms with Crippen LogP contribution in [-0.4, -0.2) is 21.0 Å². The summed E-state index contributed by atoms with van der Waals surface area (Å²) in [4.78, 5) is 25.2. The smallest absolute Gasteiger partial charge is 0.416 e. The summed E-state index contributed by atoms with van der Waals surface area (Å²) in [7, 11) is 0. The highest BCUT2D eigenvalue weighted by atomic mass is 19.4. The fourth-order valence-corrected chi connectivity index (χ4v) is 3.22. The number of hydrogen-bond acceptors (Lipinski definition) is 5. The van der Waals surface area contributed by atoms with Gasteiger partial charge in [-0.15, -0.1) is 0 Å². The van der Waals surface area contributed by atoms with Gasteiger partial charge in [-0.2, -0.15) is 13.2 Å². The zero-order valence-corrected chi connectivity index (χ0v) is 18.8. The highest BCUT2D eigenvalue weighted by molar-refractivity contribution is 5.99. The lowest BCUT2D eigenvalue weighted by Crippen LogP contribution is -2.20. The van der Waals surface area contributed by atoms with Gasteiger partial charge in [-0.05, 0) is 60.7 Å². The van der Waals surface area contributed by atoms with E-state index in [0.29, 0.717) is 53.0 Å². The lowest BCUT2D eigenvalue weighted by molar-refractivity contribution is -0.137. The van der Waals surface area contributed by atoms with Gasteiger partial charge in [0.1, 0.15) is 17.4 Å². The van der Waals surface area contributed by atoms with Crippen LogP contribution >= 0.6 is 0 Å². The maximum atomic E-state index is 13.5. The van der Waals surface area contributed by atoms with Gasteiger partial charge in [-0.1, -0.05) is 6.92 Å². The zero-order chi connectivity index (χ0) is 25.7. The third kappa shape index (κ3) is 6.12. The van der Waals surface area contributed by atoms with Crippen LogP contribution in [0.5, 0.6) is 11.6 Å². The summed E-state index contributed by atoms with van der Waals surface area (Å²) in [6.07, 6.45) is -0.825. The van der Waals surface area contributed by atoms with Gasteiger partial charge >= 0.3 is 12.2 Å². The predicted octanol–water partition coefficient (Wildman–Crippen LogP) is 6.70. The zero-order valence-electron chi connectivity index (χ0n) is 18.8. The Morgan fingerprint density at radius 1 is 0.944 bits per heavy atom. The van der Waals surface area contributed by atoms with Crippen LogP contribution in [0.15, 0.2) is 73.1 Å². The van der Waals surface area contributed by atoms with Crippen LogP contribution in [-0.2, 0) is 12.6 Å². The maximum Gasteiger partial charge on any atom is 0.416 e. The van der Waals surface area contributed by atoms with E-state index in [2.05, 4.69) is 25.6 Å². The molecule has 4 aromatic rings. The topological polar surface area (TPSA) is 89.0 Å². The Hall–Kier alpha value is -4.54. The van der Waals surface area contributed by atoms with E-state index in [1.54, 1.807) is 36.7 Å². The van der Waals surface area contributed by atoms with Crippen molar-refractivity contribution in [3.63, 3.8) is 0 Å². The van der Waals surface area contributed by atoms with E-state index < -0.39 is 23.6 Å². The van der Waals surface area contributed by atoms with Gasteiger partial charge in [0.05, 0.1) is 16.8 Å². The number of pyridine rings is 1. The first-order valence-electron chi connectivity index (χ1n) is 10.7. The Bertz CT molecular complexity index is 1380. The summed E-state index contributed by atoms with van der Waals surface area (Å²) in [6.45, 7) is 1.95. The first kappa shape index (κ1) is 24.6. The largest absolute Gasteiger partial charge is 0.438 e. The molecular weight excluding hydrogens is 478 g/mol. The molecule has 2 heterocycles. The summed E-state index contributed by atoms with van der Waals surface area (Å²) < 4.78 is 58.0. The minimum absolute atomic E-state index is 0.322. The van der Waals surface area contributed by atoms with Crippen LogP contribution in [0.4, 0.5) is 33.7 Å². The molecule has 4 rings (SSSR count). The number of ether oxygens (including phenoxy) is 1. The molecular formula is C25H19F4N5O2. The van der Waals surface area contributed by atoms with Gasteiger partial charge in [0.2, 0.25) is 5.88 Å². The van der Waals surface area contributed by atoms with Crippen molar-refractivity contribution < 1.29 is 27.1 Å². The van der Waals surface area contributed by atoms with E-state index in [1.807, 2.05) is 13.0 Å². The summed E-state index contributed by atoms with van der Waals surface area (Å²) in [5, 5.41) is 4.66. The number of carbonyl (C=O) groups is 1. The van der Waals surface area contributed by atoms with E-state index >= 15 is 0 Å². The Labute approximate surface area is 203 Å². The van der Waals surface area contributed by atoms with Crippen LogP contribution in [0.3, 0.4) is 0 Å². The molecule has 2 N–H and O–H groups in total. The summed E-state index contributed by atoms with van der Waals surface area (Å²) in [5.41, 5.74) is 0.117. The molecule has 0 saturated heterocycles. The van der Waals surface area contributed by atoms with Gasteiger partial charge in [0.15, 0.2) is 0 Å². The predicted molar refractivity (Wildman–Crippen MR) is 125 cm³/mol. The average Bonchev–Trinajstić information content (AvgIpc) is 2.84. The molecule has 0 aliphatic carbocycles. The SMILES string of the molecule is CCc1nccc(-c2cccnc2Oc2ccc(NC(=O)Nc3cc(F)cc(C(F)(F)F)c3)cc2)n1. The first-order valence-corrected chi connectivity index (χ1v) is 10.7. The van der Waals surface area contributed by atoms with E-state index in [-0.39, 0.29) is 5.69 Å². The van der Waals surface area contributed by atoms with Crippen molar-refractivity contribution in [1.82, 2.24) is 15.0 Å². The molecule has 0 aliphatic heterocycles. The number of amides is 2. The monoisotopic (exact) mass is 497 g/mol. The van der Waals surface area contributed by atoms with Crippen LogP contribution < -0.4 is 15.4 Å². The normalized spacial score (nSPS) is 11.1. The average molecular weight is 497 g/mol. The number of alkyl halides is 3. The number of hydrogen-bond donors (Lipinski definition) is 2. The molecule has 0 unspecified atom stereocenters. The van der Waals surface area contributed by atoms with Crippen molar-refractivity contribution in [2.45, 2.75) is 19.5 Å². The molecule has 0 fully saturated rings. The Morgan fingerprint density at radius 2 is 1.69 bits per heavy atom. The van der Waals surface area contributed by atoms with Crippen LogP contribution in [0, 0.1) is 5.82 Å². The van der Waals surface area contributed by atoms with E-state index in [9.17, 15) is 22.4 Å². The Morgan fingerprint density at radius 3 is 2.42 bits per heavy atom. The second-order valence-electron chi connectivity index (χ2n) is 7.50. The number of halogens is 4. The molecule has 0 bridgehead atoms. The highest BCUT2D eigenvalue weighted by Gasteiger charge is 2.31. The molecule has 2 amide bonds. The van der Waals surface area contributed by atoms with Gasteiger partial charge in [0.25, 0.3) is 0 Å². The van der Waals surface area contributed by atoms with E-state index in [0.717, 1.165) is 6.07 Å². The molecule has 0 spiro atoms. The molecule has 184 valence electrons. The van der Waals surface area contributed by atoms with Crippen molar-refractivity contribution >= 4 is 17.4 Å². The third-order valence-corrected chi connectivity index (χ3v) is 4.88. The molecule has 2 aromatic carbocycles. The molecule has 0 saturated carbocycles. The Kier molecular flexibility index (Phi) is 7.09.